The summed E-state index contributed by atoms with van der Waals surface area (Å²) < 4.78 is 1.68. The summed E-state index contributed by atoms with van der Waals surface area (Å²) in [6.45, 7) is 8.27. The van der Waals surface area contributed by atoms with Crippen LogP contribution in [0.25, 0.3) is 10.2 Å². The van der Waals surface area contributed by atoms with Gasteiger partial charge in [-0.2, -0.15) is 0 Å². The van der Waals surface area contributed by atoms with E-state index in [4.69, 9.17) is 4.98 Å². The SMILES string of the molecule is Cc1ccc(C)c(CSc2nc3sc(C)c(C)c3c(=O)n2C)c1. The Balaban J connectivity index is 1.99. The fourth-order valence-corrected chi connectivity index (χ4v) is 4.69. The van der Waals surface area contributed by atoms with Crippen molar-refractivity contribution >= 4 is 33.3 Å². The maximum atomic E-state index is 12.6. The van der Waals surface area contributed by atoms with Crippen LogP contribution in [0.3, 0.4) is 0 Å². The first-order chi connectivity index (χ1) is 10.9. The maximum absolute atomic E-state index is 12.6. The Morgan fingerprint density at radius 1 is 1.22 bits per heavy atom. The second-order valence-electron chi connectivity index (χ2n) is 5.94. The van der Waals surface area contributed by atoms with Crippen molar-refractivity contribution in [2.24, 2.45) is 7.05 Å². The summed E-state index contributed by atoms with van der Waals surface area (Å²) in [5, 5.41) is 1.55. The molecule has 0 aliphatic carbocycles. The zero-order valence-corrected chi connectivity index (χ0v) is 15.7. The van der Waals surface area contributed by atoms with E-state index in [-0.39, 0.29) is 5.56 Å². The van der Waals surface area contributed by atoms with Crippen molar-refractivity contribution in [3.05, 3.63) is 55.7 Å². The standard InChI is InChI=1S/C18H20N2OS2/c1-10-6-7-11(2)14(8-10)9-22-18-19-16-15(17(21)20(18)5)12(3)13(4)23-16/h6-8H,9H2,1-5H3. The minimum atomic E-state index is 0.0558. The lowest BCUT2D eigenvalue weighted by Gasteiger charge is -2.09. The predicted octanol–water partition coefficient (Wildman–Crippen LogP) is 4.52. The Labute approximate surface area is 144 Å². The van der Waals surface area contributed by atoms with E-state index >= 15 is 0 Å². The molecule has 0 atom stereocenters. The first kappa shape index (κ1) is 16.3. The van der Waals surface area contributed by atoms with Crippen LogP contribution in [0, 0.1) is 27.7 Å². The van der Waals surface area contributed by atoms with Crippen LogP contribution in [0.5, 0.6) is 0 Å². The Kier molecular flexibility index (Phi) is 4.34. The van der Waals surface area contributed by atoms with E-state index in [1.807, 2.05) is 20.9 Å². The van der Waals surface area contributed by atoms with Crippen molar-refractivity contribution in [3.8, 4) is 0 Å². The molecule has 0 N–H and O–H groups in total. The number of benzene rings is 1. The summed E-state index contributed by atoms with van der Waals surface area (Å²) in [5.74, 6) is 0.822. The van der Waals surface area contributed by atoms with Crippen LogP contribution in [0.4, 0.5) is 0 Å². The number of hydrogen-bond donors (Lipinski definition) is 0. The highest BCUT2D eigenvalue weighted by Crippen LogP contribution is 2.29. The molecule has 3 nitrogen and oxygen atoms in total. The van der Waals surface area contributed by atoms with E-state index in [0.29, 0.717) is 0 Å². The number of aryl methyl sites for hydroxylation is 4. The highest BCUT2D eigenvalue weighted by atomic mass is 32.2. The van der Waals surface area contributed by atoms with Gasteiger partial charge in [0, 0.05) is 17.7 Å². The molecule has 5 heteroatoms. The Morgan fingerprint density at radius 3 is 2.70 bits per heavy atom. The number of thiophene rings is 1. The van der Waals surface area contributed by atoms with E-state index in [2.05, 4.69) is 32.0 Å². The summed E-state index contributed by atoms with van der Waals surface area (Å²) in [6.07, 6.45) is 0. The minimum absolute atomic E-state index is 0.0558. The molecule has 120 valence electrons. The second-order valence-corrected chi connectivity index (χ2v) is 8.09. The van der Waals surface area contributed by atoms with Gasteiger partial charge in [-0.15, -0.1) is 11.3 Å². The summed E-state index contributed by atoms with van der Waals surface area (Å²) >= 11 is 3.23. The van der Waals surface area contributed by atoms with E-state index in [9.17, 15) is 4.79 Å². The lowest BCUT2D eigenvalue weighted by molar-refractivity contribution is 0.727. The van der Waals surface area contributed by atoms with Crippen molar-refractivity contribution in [2.75, 3.05) is 0 Å². The van der Waals surface area contributed by atoms with Gasteiger partial charge in [-0.3, -0.25) is 9.36 Å². The molecule has 0 saturated carbocycles. The fourth-order valence-electron chi connectivity index (χ4n) is 2.58. The van der Waals surface area contributed by atoms with Crippen LogP contribution < -0.4 is 5.56 Å². The van der Waals surface area contributed by atoms with Crippen LogP contribution in [0.2, 0.25) is 0 Å². The van der Waals surface area contributed by atoms with Gasteiger partial charge in [-0.25, -0.2) is 4.98 Å². The first-order valence-electron chi connectivity index (χ1n) is 7.54. The van der Waals surface area contributed by atoms with E-state index in [0.717, 1.165) is 26.7 Å². The van der Waals surface area contributed by atoms with Crippen LogP contribution in [-0.2, 0) is 12.8 Å². The molecular weight excluding hydrogens is 324 g/mol. The molecule has 0 amide bonds. The van der Waals surface area contributed by atoms with Crippen molar-refractivity contribution in [1.29, 1.82) is 0 Å². The zero-order valence-electron chi connectivity index (χ0n) is 14.1. The molecule has 0 fully saturated rings. The van der Waals surface area contributed by atoms with Crippen LogP contribution in [-0.4, -0.2) is 9.55 Å². The molecule has 0 saturated heterocycles. The molecule has 0 bridgehead atoms. The Morgan fingerprint density at radius 2 is 1.96 bits per heavy atom. The maximum Gasteiger partial charge on any atom is 0.262 e. The number of thioether (sulfide) groups is 1. The lowest BCUT2D eigenvalue weighted by Crippen LogP contribution is -2.19. The fraction of sp³-hybridized carbons (Fsp3) is 0.333. The molecule has 2 heterocycles. The Hall–Kier alpha value is -1.59. The third kappa shape index (κ3) is 2.95. The monoisotopic (exact) mass is 344 g/mol. The number of nitrogens with zero attached hydrogens (tertiary/aromatic N) is 2. The number of rotatable bonds is 3. The van der Waals surface area contributed by atoms with Gasteiger partial charge in [0.2, 0.25) is 0 Å². The quantitative estimate of drug-likeness (QED) is 0.517. The number of aromatic nitrogens is 2. The molecule has 0 aliphatic heterocycles. The summed E-state index contributed by atoms with van der Waals surface area (Å²) in [4.78, 5) is 19.4. The van der Waals surface area contributed by atoms with Gasteiger partial charge < -0.3 is 0 Å². The average molecular weight is 345 g/mol. The molecule has 0 radical (unpaired) electrons. The van der Waals surface area contributed by atoms with Crippen molar-refractivity contribution < 1.29 is 0 Å². The Bertz CT molecular complexity index is 954. The number of hydrogen-bond acceptors (Lipinski definition) is 4. The molecule has 0 unspecified atom stereocenters. The molecule has 0 aliphatic rings. The lowest BCUT2D eigenvalue weighted by atomic mass is 10.1. The van der Waals surface area contributed by atoms with Crippen LogP contribution >= 0.6 is 23.1 Å². The van der Waals surface area contributed by atoms with Gasteiger partial charge in [-0.1, -0.05) is 35.5 Å². The molecule has 0 spiro atoms. The normalized spacial score (nSPS) is 11.3. The molecule has 23 heavy (non-hydrogen) atoms. The zero-order chi connectivity index (χ0) is 16.7. The summed E-state index contributed by atoms with van der Waals surface area (Å²) in [6, 6.07) is 6.48. The predicted molar refractivity (Wildman–Crippen MR) is 99.8 cm³/mol. The van der Waals surface area contributed by atoms with Gasteiger partial charge in [0.15, 0.2) is 5.16 Å². The van der Waals surface area contributed by atoms with Crippen LogP contribution in [0.1, 0.15) is 27.1 Å². The highest BCUT2D eigenvalue weighted by molar-refractivity contribution is 7.98. The smallest absolute Gasteiger partial charge is 0.262 e. The summed E-state index contributed by atoms with van der Waals surface area (Å²) in [5.41, 5.74) is 4.94. The van der Waals surface area contributed by atoms with E-state index in [1.54, 1.807) is 27.7 Å². The average Bonchev–Trinajstić information content (AvgIpc) is 2.79. The van der Waals surface area contributed by atoms with Crippen molar-refractivity contribution in [3.63, 3.8) is 0 Å². The second kappa shape index (κ2) is 6.13. The topological polar surface area (TPSA) is 34.9 Å². The molecule has 3 aromatic rings. The largest absolute Gasteiger partial charge is 0.290 e. The van der Waals surface area contributed by atoms with E-state index in [1.165, 1.54) is 21.6 Å². The van der Waals surface area contributed by atoms with Gasteiger partial charge in [0.1, 0.15) is 4.83 Å². The summed E-state index contributed by atoms with van der Waals surface area (Å²) in [7, 11) is 1.81. The molecule has 3 rings (SSSR count). The van der Waals surface area contributed by atoms with Crippen LogP contribution in [0.15, 0.2) is 28.2 Å². The highest BCUT2D eigenvalue weighted by Gasteiger charge is 2.15. The third-order valence-electron chi connectivity index (χ3n) is 4.23. The van der Waals surface area contributed by atoms with Crippen molar-refractivity contribution in [1.82, 2.24) is 9.55 Å². The number of fused-ring (bicyclic) bond motifs is 1. The third-order valence-corrected chi connectivity index (χ3v) is 6.41. The van der Waals surface area contributed by atoms with Gasteiger partial charge in [-0.05, 0) is 44.4 Å². The van der Waals surface area contributed by atoms with E-state index < -0.39 is 0 Å². The van der Waals surface area contributed by atoms with Gasteiger partial charge in [0.05, 0.1) is 5.39 Å². The molecule has 1 aromatic carbocycles. The van der Waals surface area contributed by atoms with Gasteiger partial charge in [0.25, 0.3) is 5.56 Å². The molecular formula is C18H20N2OS2. The molecule has 2 aromatic heterocycles. The van der Waals surface area contributed by atoms with Gasteiger partial charge >= 0.3 is 0 Å². The van der Waals surface area contributed by atoms with Crippen molar-refractivity contribution in [2.45, 2.75) is 38.6 Å². The first-order valence-corrected chi connectivity index (χ1v) is 9.34. The minimum Gasteiger partial charge on any atom is -0.290 e.